The Morgan fingerprint density at radius 3 is 2.83 bits per heavy atom. The van der Waals surface area contributed by atoms with Crippen LogP contribution in [0.4, 0.5) is 0 Å². The Hall–Kier alpha value is -1.57. The molecule has 0 saturated carbocycles. The molecule has 18 heavy (non-hydrogen) atoms. The lowest BCUT2D eigenvalue weighted by Gasteiger charge is -2.32. The highest BCUT2D eigenvalue weighted by Crippen LogP contribution is 2.12. The van der Waals surface area contributed by atoms with E-state index in [4.69, 9.17) is 21.6 Å². The lowest BCUT2D eigenvalue weighted by Crippen LogP contribution is -2.46. The van der Waals surface area contributed by atoms with E-state index in [1.807, 2.05) is 6.07 Å². The van der Waals surface area contributed by atoms with Crippen molar-refractivity contribution in [2.75, 3.05) is 25.6 Å². The molecule has 94 valence electrons. The number of nitriles is 1. The second-order valence-corrected chi connectivity index (χ2v) is 4.40. The van der Waals surface area contributed by atoms with Crippen LogP contribution in [0.5, 0.6) is 0 Å². The molecule has 1 saturated heterocycles. The first-order chi connectivity index (χ1) is 8.74. The van der Waals surface area contributed by atoms with E-state index in [1.165, 1.54) is 0 Å². The van der Waals surface area contributed by atoms with Crippen LogP contribution in [0.15, 0.2) is 24.3 Å². The van der Waals surface area contributed by atoms with E-state index in [1.54, 1.807) is 29.2 Å². The minimum atomic E-state index is -0.0947. The van der Waals surface area contributed by atoms with Crippen molar-refractivity contribution in [2.24, 2.45) is 0 Å². The lowest BCUT2D eigenvalue weighted by molar-refractivity contribution is -0.0108. The lowest BCUT2D eigenvalue weighted by atomic mass is 10.1. The normalized spacial score (nSPS) is 19.3. The molecule has 0 bridgehead atoms. The quantitative estimate of drug-likeness (QED) is 0.763. The number of nitrogens with zero attached hydrogens (tertiary/aromatic N) is 2. The van der Waals surface area contributed by atoms with Gasteiger partial charge in [0.05, 0.1) is 30.2 Å². The summed E-state index contributed by atoms with van der Waals surface area (Å²) < 4.78 is 5.41. The topological polar surface area (TPSA) is 53.3 Å². The summed E-state index contributed by atoms with van der Waals surface area (Å²) in [6.07, 6.45) is -0.0947. The molecule has 2 rings (SSSR count). The van der Waals surface area contributed by atoms with E-state index in [9.17, 15) is 4.79 Å². The van der Waals surface area contributed by atoms with Gasteiger partial charge in [-0.3, -0.25) is 4.79 Å². The van der Waals surface area contributed by atoms with Crippen LogP contribution in [-0.4, -0.2) is 42.5 Å². The molecule has 1 atom stereocenters. The van der Waals surface area contributed by atoms with Gasteiger partial charge in [0.25, 0.3) is 5.91 Å². The maximum absolute atomic E-state index is 12.2. The molecule has 0 aliphatic carbocycles. The highest BCUT2D eigenvalue weighted by atomic mass is 35.5. The van der Waals surface area contributed by atoms with Crippen LogP contribution >= 0.6 is 11.6 Å². The number of hydrogen-bond donors (Lipinski definition) is 0. The van der Waals surface area contributed by atoms with Crippen LogP contribution in [0, 0.1) is 11.3 Å². The first kappa shape index (κ1) is 12.9. The number of carbonyl (C=O) groups is 1. The molecule has 1 aromatic carbocycles. The number of morpholine rings is 1. The van der Waals surface area contributed by atoms with Gasteiger partial charge in [0.15, 0.2) is 0 Å². The van der Waals surface area contributed by atoms with Gasteiger partial charge in [-0.1, -0.05) is 0 Å². The van der Waals surface area contributed by atoms with Gasteiger partial charge in [-0.15, -0.1) is 11.6 Å². The summed E-state index contributed by atoms with van der Waals surface area (Å²) >= 11 is 5.74. The third kappa shape index (κ3) is 2.81. The van der Waals surface area contributed by atoms with Crippen molar-refractivity contribution in [2.45, 2.75) is 6.10 Å². The molecule has 0 N–H and O–H groups in total. The average Bonchev–Trinajstić information content (AvgIpc) is 2.46. The molecule has 1 fully saturated rings. The number of alkyl halides is 1. The van der Waals surface area contributed by atoms with Crippen LogP contribution in [0.3, 0.4) is 0 Å². The molecule has 1 heterocycles. The van der Waals surface area contributed by atoms with Gasteiger partial charge in [-0.2, -0.15) is 5.26 Å². The third-order valence-electron chi connectivity index (χ3n) is 2.86. The Morgan fingerprint density at radius 1 is 1.50 bits per heavy atom. The van der Waals surface area contributed by atoms with E-state index in [-0.39, 0.29) is 12.0 Å². The Kier molecular flexibility index (Phi) is 4.19. The predicted octanol–water partition coefficient (Wildman–Crippen LogP) is 1.64. The maximum atomic E-state index is 12.2. The monoisotopic (exact) mass is 264 g/mol. The third-order valence-corrected chi connectivity index (χ3v) is 3.20. The molecule has 0 spiro atoms. The highest BCUT2D eigenvalue weighted by Gasteiger charge is 2.24. The van der Waals surface area contributed by atoms with Gasteiger partial charge in [0, 0.05) is 18.7 Å². The fraction of sp³-hybridized carbons (Fsp3) is 0.385. The minimum absolute atomic E-state index is 0.0436. The molecular weight excluding hydrogens is 252 g/mol. The van der Waals surface area contributed by atoms with Crippen LogP contribution < -0.4 is 0 Å². The Balaban J connectivity index is 2.08. The van der Waals surface area contributed by atoms with Crippen LogP contribution in [0.25, 0.3) is 0 Å². The van der Waals surface area contributed by atoms with Crippen molar-refractivity contribution in [1.29, 1.82) is 5.26 Å². The summed E-state index contributed by atoms with van der Waals surface area (Å²) in [6.45, 7) is 1.61. The van der Waals surface area contributed by atoms with Crippen LogP contribution in [-0.2, 0) is 4.74 Å². The van der Waals surface area contributed by atoms with Gasteiger partial charge in [0.1, 0.15) is 0 Å². The van der Waals surface area contributed by atoms with E-state index in [0.717, 1.165) is 0 Å². The molecule has 5 heteroatoms. The molecule has 1 aliphatic rings. The van der Waals surface area contributed by atoms with Gasteiger partial charge in [-0.05, 0) is 24.3 Å². The summed E-state index contributed by atoms with van der Waals surface area (Å²) in [5.41, 5.74) is 1.14. The fourth-order valence-electron chi connectivity index (χ4n) is 1.87. The van der Waals surface area contributed by atoms with Crippen LogP contribution in [0.1, 0.15) is 15.9 Å². The Labute approximate surface area is 111 Å². The predicted molar refractivity (Wildman–Crippen MR) is 67.5 cm³/mol. The second kappa shape index (κ2) is 5.85. The van der Waals surface area contributed by atoms with Crippen molar-refractivity contribution in [3.05, 3.63) is 35.4 Å². The number of amides is 1. The van der Waals surface area contributed by atoms with Crippen molar-refractivity contribution >= 4 is 17.5 Å². The van der Waals surface area contributed by atoms with E-state index >= 15 is 0 Å². The number of halogens is 1. The molecule has 1 aliphatic heterocycles. The van der Waals surface area contributed by atoms with Gasteiger partial charge in [-0.25, -0.2) is 0 Å². The largest absolute Gasteiger partial charge is 0.373 e. The molecule has 4 nitrogen and oxygen atoms in total. The van der Waals surface area contributed by atoms with E-state index in [2.05, 4.69) is 0 Å². The Bertz CT molecular complexity index is 467. The fourth-order valence-corrected chi connectivity index (χ4v) is 2.05. The van der Waals surface area contributed by atoms with Crippen molar-refractivity contribution in [3.63, 3.8) is 0 Å². The maximum Gasteiger partial charge on any atom is 0.254 e. The molecule has 1 unspecified atom stereocenters. The SMILES string of the molecule is N#Cc1ccc(C(=O)N2CCOC(CCl)C2)cc1. The number of rotatable bonds is 2. The number of hydrogen-bond acceptors (Lipinski definition) is 3. The molecular formula is C13H13ClN2O2. The van der Waals surface area contributed by atoms with Crippen molar-refractivity contribution in [1.82, 2.24) is 4.90 Å². The smallest absolute Gasteiger partial charge is 0.254 e. The summed E-state index contributed by atoms with van der Waals surface area (Å²) in [5.74, 6) is 0.342. The van der Waals surface area contributed by atoms with Gasteiger partial charge in [0.2, 0.25) is 0 Å². The first-order valence-corrected chi connectivity index (χ1v) is 6.25. The van der Waals surface area contributed by atoms with Crippen LogP contribution in [0.2, 0.25) is 0 Å². The van der Waals surface area contributed by atoms with Crippen molar-refractivity contribution < 1.29 is 9.53 Å². The summed E-state index contributed by atoms with van der Waals surface area (Å²) in [5, 5.41) is 8.71. The zero-order chi connectivity index (χ0) is 13.0. The first-order valence-electron chi connectivity index (χ1n) is 5.71. The molecule has 1 amide bonds. The van der Waals surface area contributed by atoms with Crippen molar-refractivity contribution in [3.8, 4) is 6.07 Å². The minimum Gasteiger partial charge on any atom is -0.373 e. The zero-order valence-electron chi connectivity index (χ0n) is 9.80. The Morgan fingerprint density at radius 2 is 2.22 bits per heavy atom. The summed E-state index contributed by atoms with van der Waals surface area (Å²) in [7, 11) is 0. The average molecular weight is 265 g/mol. The van der Waals surface area contributed by atoms with E-state index < -0.39 is 0 Å². The highest BCUT2D eigenvalue weighted by molar-refractivity contribution is 6.18. The number of carbonyl (C=O) groups excluding carboxylic acids is 1. The van der Waals surface area contributed by atoms with E-state index in [0.29, 0.717) is 36.7 Å². The molecule has 0 aromatic heterocycles. The summed E-state index contributed by atoms with van der Waals surface area (Å²) in [6, 6.07) is 8.66. The molecule has 1 aromatic rings. The zero-order valence-corrected chi connectivity index (χ0v) is 10.6. The number of benzene rings is 1. The standard InChI is InChI=1S/C13H13ClN2O2/c14-7-12-9-16(5-6-18-12)13(17)11-3-1-10(8-15)2-4-11/h1-4,12H,5-7,9H2. The second-order valence-electron chi connectivity index (χ2n) is 4.09. The number of ether oxygens (including phenoxy) is 1. The van der Waals surface area contributed by atoms with Gasteiger partial charge >= 0.3 is 0 Å². The van der Waals surface area contributed by atoms with Gasteiger partial charge < -0.3 is 9.64 Å². The summed E-state index contributed by atoms with van der Waals surface area (Å²) in [4.78, 5) is 13.9. The molecule has 0 radical (unpaired) electrons.